The zero-order valence-electron chi connectivity index (χ0n) is 16.3. The molecule has 4 nitrogen and oxygen atoms in total. The van der Waals surface area contributed by atoms with Gasteiger partial charge in [-0.15, -0.1) is 0 Å². The minimum absolute atomic E-state index is 0.444. The molecular weight excluding hydrogens is 423 g/mol. The number of carboxylic acids is 1. The fraction of sp³-hybridized carbons (Fsp3) is 0.800. The van der Waals surface area contributed by atoms with Crippen molar-refractivity contribution in [2.75, 3.05) is 0 Å². The van der Waals surface area contributed by atoms with Crippen LogP contribution in [-0.4, -0.2) is 37.2 Å². The zero-order chi connectivity index (χ0) is 18.8. The molecule has 0 saturated carbocycles. The van der Waals surface area contributed by atoms with Crippen LogP contribution in [0.2, 0.25) is 8.87 Å². The van der Waals surface area contributed by atoms with Crippen LogP contribution in [0.25, 0.3) is 0 Å². The van der Waals surface area contributed by atoms with Crippen molar-refractivity contribution in [3.63, 3.8) is 0 Å². The van der Waals surface area contributed by atoms with E-state index in [4.69, 9.17) is 8.18 Å². The second-order valence-corrected chi connectivity index (χ2v) is 14.4. The summed E-state index contributed by atoms with van der Waals surface area (Å²) in [5, 5.41) is 8.61. The number of unbranched alkanes of at least 4 members (excludes halogenated alkanes) is 10. The Morgan fingerprint density at radius 3 is 1.64 bits per heavy atom. The fourth-order valence-electron chi connectivity index (χ4n) is 2.91. The molecule has 0 aromatic heterocycles. The third-order valence-electron chi connectivity index (χ3n) is 4.40. The molecule has 0 atom stereocenters. The normalized spacial score (nSPS) is 11.3. The maximum atomic E-state index is 11.8. The van der Waals surface area contributed by atoms with Gasteiger partial charge in [0.15, 0.2) is 0 Å². The number of carbonyl (C=O) groups excluding carboxylic acids is 1. The van der Waals surface area contributed by atoms with E-state index < -0.39 is 32.1 Å². The molecule has 0 aromatic carbocycles. The van der Waals surface area contributed by atoms with Crippen molar-refractivity contribution >= 4 is 32.1 Å². The van der Waals surface area contributed by atoms with Crippen molar-refractivity contribution in [1.82, 2.24) is 0 Å². The van der Waals surface area contributed by atoms with Gasteiger partial charge in [0, 0.05) is 0 Å². The van der Waals surface area contributed by atoms with E-state index in [9.17, 15) is 9.59 Å². The van der Waals surface area contributed by atoms with Gasteiger partial charge in [-0.3, -0.25) is 0 Å². The average Bonchev–Trinajstić information content (AvgIpc) is 2.58. The Hall–Kier alpha value is -0.521. The van der Waals surface area contributed by atoms with Gasteiger partial charge in [0.2, 0.25) is 0 Å². The molecule has 0 radical (unpaired) electrons. The summed E-state index contributed by atoms with van der Waals surface area (Å²) in [7, 11) is 0. The Bertz CT molecular complexity index is 353. The molecule has 0 rings (SSSR count). The summed E-state index contributed by atoms with van der Waals surface area (Å²) in [5.74, 6) is -1.55. The number of hydrogen-bond acceptors (Lipinski definition) is 3. The van der Waals surface area contributed by atoms with Gasteiger partial charge in [0.05, 0.1) is 0 Å². The molecule has 0 unspecified atom stereocenters. The van der Waals surface area contributed by atoms with Crippen molar-refractivity contribution in [2.24, 2.45) is 0 Å². The van der Waals surface area contributed by atoms with Gasteiger partial charge < -0.3 is 0 Å². The van der Waals surface area contributed by atoms with E-state index in [1.54, 1.807) is 0 Å². The summed E-state index contributed by atoms with van der Waals surface area (Å²) in [5.41, 5.74) is 0. The van der Waals surface area contributed by atoms with Crippen LogP contribution in [0, 0.1) is 0 Å². The van der Waals surface area contributed by atoms with E-state index >= 15 is 0 Å². The summed E-state index contributed by atoms with van der Waals surface area (Å²) in [6.07, 6.45) is 17.0. The van der Waals surface area contributed by atoms with Gasteiger partial charge in [-0.05, 0) is 0 Å². The van der Waals surface area contributed by atoms with E-state index in [0.29, 0.717) is 0 Å². The topological polar surface area (TPSA) is 63.6 Å². The molecule has 0 aliphatic carbocycles. The van der Waals surface area contributed by atoms with E-state index in [0.717, 1.165) is 33.9 Å². The van der Waals surface area contributed by atoms with Crippen LogP contribution in [0.1, 0.15) is 90.9 Å². The van der Waals surface area contributed by atoms with E-state index in [2.05, 4.69) is 13.8 Å². The van der Waals surface area contributed by atoms with Gasteiger partial charge in [-0.25, -0.2) is 0 Å². The standard InChI is InChI=1S/2C8H17.C4H4O4.Sn.H/c2*1-3-5-7-8-6-4-2;5-3(6)1-2-4(7)8;;/h2*1,3-8H2,2H3;1-2H,(H,5,6)(H,7,8);;/q;;;+1;/p-1. The van der Waals surface area contributed by atoms with Crippen LogP contribution < -0.4 is 0 Å². The summed E-state index contributed by atoms with van der Waals surface area (Å²) >= 11 is -2.33. The van der Waals surface area contributed by atoms with E-state index in [-0.39, 0.29) is 0 Å². The molecule has 0 bridgehead atoms. The molecule has 0 saturated heterocycles. The van der Waals surface area contributed by atoms with Gasteiger partial charge >= 0.3 is 162 Å². The van der Waals surface area contributed by atoms with Crippen molar-refractivity contribution < 1.29 is 17.8 Å². The van der Waals surface area contributed by atoms with Crippen LogP contribution in [0.5, 0.6) is 0 Å². The summed E-state index contributed by atoms with van der Waals surface area (Å²) < 4.78 is 7.86. The minimum atomic E-state index is -2.33. The quantitative estimate of drug-likeness (QED) is 0.174. The number of aliphatic carboxylic acids is 1. The van der Waals surface area contributed by atoms with Crippen molar-refractivity contribution in [3.8, 4) is 0 Å². The number of carbonyl (C=O) groups is 2. The number of hydrogen-bond donors (Lipinski definition) is 1. The first-order valence-electron chi connectivity index (χ1n) is 10.2. The first-order valence-corrected chi connectivity index (χ1v) is 16.2. The van der Waals surface area contributed by atoms with Crippen LogP contribution >= 0.6 is 0 Å². The third-order valence-corrected chi connectivity index (χ3v) is 12.0. The molecular formula is C20H38O4Sn. The third kappa shape index (κ3) is 18.1. The Kier molecular flexibility index (Phi) is 17.9. The predicted octanol–water partition coefficient (Wildman–Crippen LogP) is 5.62. The van der Waals surface area contributed by atoms with Gasteiger partial charge in [0.25, 0.3) is 0 Å². The van der Waals surface area contributed by atoms with Gasteiger partial charge in [-0.1, -0.05) is 0 Å². The van der Waals surface area contributed by atoms with Gasteiger partial charge in [-0.2, -0.15) is 0 Å². The molecule has 0 spiro atoms. The van der Waals surface area contributed by atoms with Crippen molar-refractivity contribution in [1.29, 1.82) is 0 Å². The second-order valence-electron chi connectivity index (χ2n) is 6.84. The summed E-state index contributed by atoms with van der Waals surface area (Å²) in [6.45, 7) is 4.44. The molecule has 25 heavy (non-hydrogen) atoms. The predicted molar refractivity (Wildman–Crippen MR) is 106 cm³/mol. The second kappa shape index (κ2) is 18.3. The van der Waals surface area contributed by atoms with E-state index in [1.807, 2.05) is 0 Å². The SMILES string of the molecule is CCCCCCC[CH2][SnH]([CH2]CCCCCCC)[O]C(=O)C=CC(=O)O. The Balaban J connectivity index is 4.11. The fourth-order valence-corrected chi connectivity index (χ4v) is 9.82. The monoisotopic (exact) mass is 462 g/mol. The number of rotatable bonds is 17. The van der Waals surface area contributed by atoms with Gasteiger partial charge in [0.1, 0.15) is 0 Å². The van der Waals surface area contributed by atoms with Crippen LogP contribution in [0.3, 0.4) is 0 Å². The molecule has 146 valence electrons. The molecule has 0 aliphatic heterocycles. The zero-order valence-corrected chi connectivity index (χ0v) is 19.6. The molecule has 5 heteroatoms. The summed E-state index contributed by atoms with van der Waals surface area (Å²) in [6, 6.07) is 0. The molecule has 0 heterocycles. The van der Waals surface area contributed by atoms with Crippen LogP contribution in [-0.2, 0) is 12.7 Å². The molecule has 0 fully saturated rings. The molecule has 0 aliphatic rings. The molecule has 1 N–H and O–H groups in total. The summed E-state index contributed by atoms with van der Waals surface area (Å²) in [4.78, 5) is 22.3. The number of carboxylic acid groups (broad SMARTS) is 1. The Morgan fingerprint density at radius 1 is 0.760 bits per heavy atom. The molecule has 0 amide bonds. The maximum absolute atomic E-state index is 11.8. The Labute approximate surface area is 161 Å². The first kappa shape index (κ1) is 24.5. The average molecular weight is 461 g/mol. The molecule has 0 aromatic rings. The van der Waals surface area contributed by atoms with Crippen LogP contribution in [0.15, 0.2) is 12.2 Å². The van der Waals surface area contributed by atoms with Crippen LogP contribution in [0.4, 0.5) is 0 Å². The van der Waals surface area contributed by atoms with Crippen molar-refractivity contribution in [2.45, 2.75) is 99.8 Å². The van der Waals surface area contributed by atoms with Crippen molar-refractivity contribution in [3.05, 3.63) is 12.2 Å². The van der Waals surface area contributed by atoms with E-state index in [1.165, 1.54) is 64.2 Å². The first-order chi connectivity index (χ1) is 12.1. The Morgan fingerprint density at radius 2 is 1.20 bits per heavy atom.